The molecule has 0 spiro atoms. The number of rotatable bonds is 1. The summed E-state index contributed by atoms with van der Waals surface area (Å²) in [5, 5.41) is 0. The number of nitrogens with one attached hydrogen (secondary N) is 1. The zero-order valence-corrected chi connectivity index (χ0v) is 5.72. The van der Waals surface area contributed by atoms with Crippen molar-refractivity contribution in [3.8, 4) is 0 Å². The number of hydrogen-bond acceptors (Lipinski definition) is 3. The summed E-state index contributed by atoms with van der Waals surface area (Å²) in [6.45, 7) is 0. The molecule has 6 heteroatoms. The van der Waals surface area contributed by atoms with Gasteiger partial charge in [-0.3, -0.25) is 4.24 Å². The van der Waals surface area contributed by atoms with Gasteiger partial charge < -0.3 is 4.21 Å². The van der Waals surface area contributed by atoms with Crippen LogP contribution in [0.1, 0.15) is 0 Å². The normalized spacial score (nSPS) is 7.67. The molecule has 0 bridgehead atoms. The first-order chi connectivity index (χ1) is 2.27. The van der Waals surface area contributed by atoms with Crippen molar-refractivity contribution in [3.63, 3.8) is 0 Å². The van der Waals surface area contributed by atoms with Crippen LogP contribution < -0.4 is 4.24 Å². The molecule has 0 fully saturated rings. The van der Waals surface area contributed by atoms with Crippen molar-refractivity contribution in [1.82, 2.24) is 4.24 Å². The Balaban J connectivity index is 0. The zero-order chi connectivity index (χ0) is 4.28. The van der Waals surface area contributed by atoms with Gasteiger partial charge in [-0.1, -0.05) is 0 Å². The monoisotopic (exact) mass is 166 g/mol. The predicted octanol–water partition coefficient (Wildman–Crippen LogP) is 0.492. The molecule has 2 nitrogen and oxygen atoms in total. The van der Waals surface area contributed by atoms with E-state index in [9.17, 15) is 4.21 Å². The SMILES string of the molecule is Cl.O=[S-](=S)NCl. The molecule has 40 valence electrons. The van der Waals surface area contributed by atoms with Crippen molar-refractivity contribution >= 4 is 44.9 Å². The highest BCUT2D eigenvalue weighted by Crippen LogP contribution is 1.55. The first-order valence-electron chi connectivity index (χ1n) is 0.726. The molecule has 0 unspecified atom stereocenters. The van der Waals surface area contributed by atoms with Crippen LogP contribution in [0.3, 0.4) is 0 Å². The molecular weight excluding hydrogens is 165 g/mol. The third kappa shape index (κ3) is 8.86. The smallest absolute Gasteiger partial charge is 0.0451 e. The molecule has 0 heterocycles. The summed E-state index contributed by atoms with van der Waals surface area (Å²) in [5.41, 5.74) is 0. The van der Waals surface area contributed by atoms with E-state index in [1.54, 1.807) is 4.24 Å². The van der Waals surface area contributed by atoms with Crippen molar-refractivity contribution in [3.05, 3.63) is 0 Å². The Bertz CT molecular complexity index is 69.6. The predicted molar refractivity (Wildman–Crippen MR) is 31.7 cm³/mol. The molecule has 0 aliphatic carbocycles. The minimum Gasteiger partial charge on any atom is -0.436 e. The second-order valence-electron chi connectivity index (χ2n) is 0.312. The Labute approximate surface area is 53.6 Å². The Kier molecular flexibility index (Phi) is 9.86. The molecule has 0 aliphatic heterocycles. The van der Waals surface area contributed by atoms with Gasteiger partial charge in [0.25, 0.3) is 0 Å². The lowest BCUT2D eigenvalue weighted by molar-refractivity contribution is 0.603. The van der Waals surface area contributed by atoms with Crippen molar-refractivity contribution in [2.75, 3.05) is 0 Å². The van der Waals surface area contributed by atoms with Gasteiger partial charge in [0.2, 0.25) is 0 Å². The summed E-state index contributed by atoms with van der Waals surface area (Å²) in [6, 6.07) is 0. The molecule has 0 aromatic heterocycles. The molecule has 0 saturated heterocycles. The van der Waals surface area contributed by atoms with E-state index in [2.05, 4.69) is 23.0 Å². The van der Waals surface area contributed by atoms with Gasteiger partial charge in [-0.05, 0) is 11.8 Å². The number of hydrogen-bond donors (Lipinski definition) is 1. The Morgan fingerprint density at radius 1 is 1.83 bits per heavy atom. The lowest BCUT2D eigenvalue weighted by Crippen LogP contribution is -1.86. The molecule has 0 aromatic rings. The minimum absolute atomic E-state index is 0. The van der Waals surface area contributed by atoms with Gasteiger partial charge >= 0.3 is 0 Å². The van der Waals surface area contributed by atoms with Gasteiger partial charge in [0.1, 0.15) is 0 Å². The summed E-state index contributed by atoms with van der Waals surface area (Å²) < 4.78 is 11.3. The molecule has 0 radical (unpaired) electrons. The van der Waals surface area contributed by atoms with Crippen molar-refractivity contribution < 1.29 is 4.21 Å². The van der Waals surface area contributed by atoms with E-state index in [1.807, 2.05) is 0 Å². The second-order valence-corrected chi connectivity index (χ2v) is 2.31. The fourth-order valence-electron chi connectivity index (χ4n) is 0. The second kappa shape index (κ2) is 5.91. The summed E-state index contributed by atoms with van der Waals surface area (Å²) in [5.74, 6) is 0. The van der Waals surface area contributed by atoms with Crippen LogP contribution in [0.15, 0.2) is 0 Å². The van der Waals surface area contributed by atoms with Crippen molar-refractivity contribution in [1.29, 1.82) is 0 Å². The van der Waals surface area contributed by atoms with E-state index in [4.69, 9.17) is 0 Å². The van der Waals surface area contributed by atoms with E-state index in [1.165, 1.54) is 0 Å². The molecule has 0 rings (SSSR count). The van der Waals surface area contributed by atoms with Gasteiger partial charge in [-0.25, -0.2) is 11.2 Å². The van der Waals surface area contributed by atoms with Gasteiger partial charge in [-0.2, -0.15) is 0 Å². The molecule has 0 aliphatic rings. The van der Waals surface area contributed by atoms with E-state index in [0.717, 1.165) is 0 Å². The summed E-state index contributed by atoms with van der Waals surface area (Å²) >= 11 is 8.69. The van der Waals surface area contributed by atoms with E-state index in [-0.39, 0.29) is 12.4 Å². The maximum Gasteiger partial charge on any atom is -0.0451 e. The van der Waals surface area contributed by atoms with Crippen LogP contribution in [0.2, 0.25) is 0 Å². The van der Waals surface area contributed by atoms with Gasteiger partial charge in [0.15, 0.2) is 0 Å². The topological polar surface area (TPSA) is 29.1 Å². The van der Waals surface area contributed by atoms with Gasteiger partial charge in [0, 0.05) is 0 Å². The average Bonchev–Trinajstić information content (AvgIpc) is 1.38. The largest absolute Gasteiger partial charge is 0.436 e. The molecule has 0 amide bonds. The van der Waals surface area contributed by atoms with Gasteiger partial charge in [-0.15, -0.1) is 22.0 Å². The molecular formula is H2Cl2NOS2-. The Morgan fingerprint density at radius 2 is 2.00 bits per heavy atom. The molecule has 1 N–H and O–H groups in total. The Hall–Kier alpha value is 0.910. The maximum absolute atomic E-state index is 9.50. The summed E-state index contributed by atoms with van der Waals surface area (Å²) in [6.07, 6.45) is 0. The van der Waals surface area contributed by atoms with Crippen LogP contribution in [0, 0.1) is 0 Å². The van der Waals surface area contributed by atoms with Crippen LogP contribution in [-0.4, -0.2) is 0 Å². The first-order valence-corrected chi connectivity index (χ1v) is 3.18. The molecule has 0 saturated carbocycles. The molecule has 0 atom stereocenters. The van der Waals surface area contributed by atoms with E-state index < -0.39 is 9.54 Å². The van der Waals surface area contributed by atoms with Crippen LogP contribution in [0.4, 0.5) is 0 Å². The van der Waals surface area contributed by atoms with Crippen molar-refractivity contribution in [2.24, 2.45) is 0 Å². The quantitative estimate of drug-likeness (QED) is 0.455. The van der Waals surface area contributed by atoms with Crippen LogP contribution in [0.25, 0.3) is 0 Å². The molecule has 6 heavy (non-hydrogen) atoms. The van der Waals surface area contributed by atoms with Crippen LogP contribution >= 0.6 is 24.2 Å². The van der Waals surface area contributed by atoms with E-state index in [0.29, 0.717) is 0 Å². The highest BCUT2D eigenvalue weighted by Gasteiger charge is 1.42. The highest BCUT2D eigenvalue weighted by molar-refractivity contribution is 8.21. The lowest BCUT2D eigenvalue weighted by atomic mass is 13.9. The van der Waals surface area contributed by atoms with Crippen molar-refractivity contribution in [2.45, 2.75) is 0 Å². The average molecular weight is 167 g/mol. The fourth-order valence-corrected chi connectivity index (χ4v) is 0. The third-order valence-corrected chi connectivity index (χ3v) is 1.13. The minimum atomic E-state index is -1.47. The Morgan fingerprint density at radius 3 is 2.00 bits per heavy atom. The maximum atomic E-state index is 9.50. The van der Waals surface area contributed by atoms with Crippen LogP contribution in [0.5, 0.6) is 0 Å². The summed E-state index contributed by atoms with van der Waals surface area (Å²) in [4.78, 5) is 0. The zero-order valence-electron chi connectivity index (χ0n) is 2.51. The fraction of sp³-hybridized carbons (Fsp3) is 0. The standard InChI is InChI=1S/ClHNOS2.ClH/c1-2-5(3)4;/h(H,2,3,4);1H/q-1;. The number of halogens is 2. The third-order valence-electron chi connectivity index (χ3n) is 0.0630. The summed E-state index contributed by atoms with van der Waals surface area (Å²) in [7, 11) is -1.47. The van der Waals surface area contributed by atoms with E-state index >= 15 is 0 Å². The highest BCUT2D eigenvalue weighted by atomic mass is 35.5. The van der Waals surface area contributed by atoms with Crippen LogP contribution in [-0.2, 0) is 24.9 Å². The lowest BCUT2D eigenvalue weighted by Gasteiger charge is -1.83. The first kappa shape index (κ1) is 10.0. The molecule has 0 aromatic carbocycles. The van der Waals surface area contributed by atoms with Gasteiger partial charge in [0.05, 0.1) is 0 Å².